The van der Waals surface area contributed by atoms with Gasteiger partial charge in [0.2, 0.25) is 0 Å². The molecule has 2 heterocycles. The number of carbonyl (C=O) groups excluding carboxylic acids is 1. The zero-order valence-corrected chi connectivity index (χ0v) is 19.8. The number of nitrogens with zero attached hydrogens (tertiary/aromatic N) is 2. The monoisotopic (exact) mass is 429 g/mol. The van der Waals surface area contributed by atoms with Gasteiger partial charge in [-0.25, -0.2) is 4.79 Å². The molecular weight excluding hydrogens is 390 g/mol. The highest BCUT2D eigenvalue weighted by atomic mass is 16.6. The van der Waals surface area contributed by atoms with Crippen molar-refractivity contribution in [1.82, 2.24) is 15.1 Å². The Bertz CT molecular complexity index is 813. The minimum absolute atomic E-state index is 0.0285. The number of rotatable bonds is 3. The summed E-state index contributed by atoms with van der Waals surface area (Å²) in [5.74, 6) is 0.935. The van der Waals surface area contributed by atoms with Gasteiger partial charge in [-0.3, -0.25) is 0 Å². The Labute approximate surface area is 186 Å². The van der Waals surface area contributed by atoms with E-state index in [-0.39, 0.29) is 11.5 Å². The number of phenolic OH excluding ortho intramolecular Hbond substituents is 1. The highest BCUT2D eigenvalue weighted by Crippen LogP contribution is 2.45. The van der Waals surface area contributed by atoms with Gasteiger partial charge in [-0.05, 0) is 95.8 Å². The molecule has 6 nitrogen and oxygen atoms in total. The predicted molar refractivity (Wildman–Crippen MR) is 123 cm³/mol. The van der Waals surface area contributed by atoms with E-state index in [1.807, 2.05) is 37.8 Å². The summed E-state index contributed by atoms with van der Waals surface area (Å²) in [6.07, 6.45) is 3.94. The number of phenols is 1. The third kappa shape index (κ3) is 4.56. The summed E-state index contributed by atoms with van der Waals surface area (Å²) >= 11 is 0. The van der Waals surface area contributed by atoms with Crippen LogP contribution in [0.3, 0.4) is 0 Å². The predicted octanol–water partition coefficient (Wildman–Crippen LogP) is 3.52. The van der Waals surface area contributed by atoms with Crippen LogP contribution in [0.4, 0.5) is 4.79 Å². The first-order chi connectivity index (χ1) is 14.6. The molecule has 2 fully saturated rings. The number of fused-ring (bicyclic) bond motifs is 4. The lowest BCUT2D eigenvalue weighted by molar-refractivity contribution is 0.0174. The van der Waals surface area contributed by atoms with E-state index >= 15 is 0 Å². The normalized spacial score (nSPS) is 29.5. The topological polar surface area (TPSA) is 65.0 Å². The number of nitrogens with one attached hydrogen (secondary N) is 1. The molecule has 1 unspecified atom stereocenters. The number of hydrogen-bond donors (Lipinski definition) is 2. The van der Waals surface area contributed by atoms with E-state index < -0.39 is 5.60 Å². The Morgan fingerprint density at radius 3 is 2.65 bits per heavy atom. The van der Waals surface area contributed by atoms with Crippen molar-refractivity contribution in [3.63, 3.8) is 0 Å². The highest BCUT2D eigenvalue weighted by Gasteiger charge is 2.49. The zero-order chi connectivity index (χ0) is 22.4. The summed E-state index contributed by atoms with van der Waals surface area (Å²) < 4.78 is 5.53. The van der Waals surface area contributed by atoms with Gasteiger partial charge in [-0.2, -0.15) is 0 Å². The SMILES string of the molecule is CN1CCC2(C)c3cc(O)ccc3C[C@@H]1[C@H]2NCC1CCN(C(=O)OC(C)(C)C)CC1. The zero-order valence-electron chi connectivity index (χ0n) is 19.8. The summed E-state index contributed by atoms with van der Waals surface area (Å²) in [6, 6.07) is 6.76. The molecule has 2 N–H and O–H groups in total. The first kappa shape index (κ1) is 22.4. The van der Waals surface area contributed by atoms with Gasteiger partial charge in [0, 0.05) is 30.6 Å². The van der Waals surface area contributed by atoms with Crippen molar-refractivity contribution in [2.45, 2.75) is 76.5 Å². The number of likely N-dealkylation sites (N-methyl/N-ethyl adjacent to an activating group) is 1. The van der Waals surface area contributed by atoms with Crippen LogP contribution in [0.5, 0.6) is 5.75 Å². The lowest BCUT2D eigenvalue weighted by Gasteiger charge is -2.55. The van der Waals surface area contributed by atoms with Gasteiger partial charge in [0.05, 0.1) is 0 Å². The van der Waals surface area contributed by atoms with Gasteiger partial charge in [-0.1, -0.05) is 13.0 Å². The van der Waals surface area contributed by atoms with E-state index in [0.717, 1.165) is 51.9 Å². The van der Waals surface area contributed by atoms with Crippen molar-refractivity contribution < 1.29 is 14.6 Å². The van der Waals surface area contributed by atoms with Gasteiger partial charge in [0.25, 0.3) is 0 Å². The molecule has 0 aromatic heterocycles. The molecule has 1 aromatic carbocycles. The van der Waals surface area contributed by atoms with Crippen LogP contribution in [0.15, 0.2) is 18.2 Å². The molecule has 3 atom stereocenters. The molecule has 2 aliphatic heterocycles. The fourth-order valence-electron chi connectivity index (χ4n) is 5.79. The number of benzene rings is 1. The number of hydrogen-bond acceptors (Lipinski definition) is 5. The molecule has 172 valence electrons. The highest BCUT2D eigenvalue weighted by molar-refractivity contribution is 5.68. The molecule has 31 heavy (non-hydrogen) atoms. The van der Waals surface area contributed by atoms with E-state index in [1.54, 1.807) is 0 Å². The van der Waals surface area contributed by atoms with Crippen LogP contribution < -0.4 is 5.32 Å². The molecule has 1 aliphatic carbocycles. The average Bonchev–Trinajstić information content (AvgIpc) is 2.70. The molecule has 0 spiro atoms. The second kappa shape index (κ2) is 8.28. The molecule has 1 amide bonds. The molecular formula is C25H39N3O3. The first-order valence-corrected chi connectivity index (χ1v) is 11.8. The maximum atomic E-state index is 12.3. The van der Waals surface area contributed by atoms with Crippen LogP contribution in [0.2, 0.25) is 0 Å². The Balaban J connectivity index is 1.39. The van der Waals surface area contributed by atoms with Crippen molar-refractivity contribution in [1.29, 1.82) is 0 Å². The molecule has 2 bridgehead atoms. The largest absolute Gasteiger partial charge is 0.508 e. The molecule has 3 aliphatic rings. The molecule has 2 saturated heterocycles. The van der Waals surface area contributed by atoms with Crippen LogP contribution in [0, 0.1) is 5.92 Å². The van der Waals surface area contributed by atoms with Crippen molar-refractivity contribution in [3.05, 3.63) is 29.3 Å². The summed E-state index contributed by atoms with van der Waals surface area (Å²) in [4.78, 5) is 16.7. The van der Waals surface area contributed by atoms with Gasteiger partial charge >= 0.3 is 6.09 Å². The lowest BCUT2D eigenvalue weighted by Crippen LogP contribution is -2.66. The van der Waals surface area contributed by atoms with Crippen LogP contribution in [-0.4, -0.2) is 71.9 Å². The summed E-state index contributed by atoms with van der Waals surface area (Å²) in [6.45, 7) is 11.7. The van der Waals surface area contributed by atoms with Crippen LogP contribution >= 0.6 is 0 Å². The number of aromatic hydroxyl groups is 1. The van der Waals surface area contributed by atoms with Crippen molar-refractivity contribution in [2.75, 3.05) is 33.2 Å². The molecule has 0 saturated carbocycles. The van der Waals surface area contributed by atoms with Crippen LogP contribution in [0.25, 0.3) is 0 Å². The molecule has 6 heteroatoms. The van der Waals surface area contributed by atoms with Gasteiger partial charge < -0.3 is 25.0 Å². The smallest absolute Gasteiger partial charge is 0.410 e. The second-order valence-electron chi connectivity index (χ2n) is 11.1. The number of carbonyl (C=O) groups is 1. The number of likely N-dealkylation sites (tertiary alicyclic amines) is 2. The first-order valence-electron chi connectivity index (χ1n) is 11.8. The molecule has 0 radical (unpaired) electrons. The minimum Gasteiger partial charge on any atom is -0.508 e. The third-order valence-corrected chi connectivity index (χ3v) is 7.65. The number of piperidine rings is 2. The van der Waals surface area contributed by atoms with Crippen molar-refractivity contribution in [2.24, 2.45) is 5.92 Å². The van der Waals surface area contributed by atoms with Crippen LogP contribution in [0.1, 0.15) is 58.1 Å². The fraction of sp³-hybridized carbons (Fsp3) is 0.720. The second-order valence-corrected chi connectivity index (χ2v) is 11.1. The Morgan fingerprint density at radius 1 is 1.26 bits per heavy atom. The van der Waals surface area contributed by atoms with E-state index in [1.165, 1.54) is 11.1 Å². The summed E-state index contributed by atoms with van der Waals surface area (Å²) in [5.41, 5.74) is 2.27. The maximum absolute atomic E-state index is 12.3. The molecule has 1 aromatic rings. The maximum Gasteiger partial charge on any atom is 0.410 e. The summed E-state index contributed by atoms with van der Waals surface area (Å²) in [5, 5.41) is 14.1. The van der Waals surface area contributed by atoms with E-state index in [9.17, 15) is 9.90 Å². The van der Waals surface area contributed by atoms with E-state index in [4.69, 9.17) is 4.74 Å². The Morgan fingerprint density at radius 2 is 1.97 bits per heavy atom. The van der Waals surface area contributed by atoms with Gasteiger partial charge in [0.1, 0.15) is 11.4 Å². The lowest BCUT2D eigenvalue weighted by atomic mass is 9.61. The number of amides is 1. The Kier molecular flexibility index (Phi) is 5.99. The van der Waals surface area contributed by atoms with Crippen molar-refractivity contribution in [3.8, 4) is 5.75 Å². The molecule has 4 rings (SSSR count). The van der Waals surface area contributed by atoms with Crippen LogP contribution in [-0.2, 0) is 16.6 Å². The minimum atomic E-state index is -0.444. The van der Waals surface area contributed by atoms with Gasteiger partial charge in [-0.15, -0.1) is 0 Å². The van der Waals surface area contributed by atoms with E-state index in [2.05, 4.69) is 30.3 Å². The third-order valence-electron chi connectivity index (χ3n) is 7.65. The standard InChI is InChI=1S/C25H39N3O3/c1-24(2,3)31-23(30)28-11-8-17(9-12-28)16-26-22-21-14-18-6-7-19(29)15-20(18)25(22,4)10-13-27(21)5/h6-7,15,17,21-22,26,29H,8-14,16H2,1-5H3/t21-,22-,25?/m1/s1. The van der Waals surface area contributed by atoms with Crippen molar-refractivity contribution >= 4 is 6.09 Å². The number of ether oxygens (including phenoxy) is 1. The fourth-order valence-corrected chi connectivity index (χ4v) is 5.79. The van der Waals surface area contributed by atoms with Gasteiger partial charge in [0.15, 0.2) is 0 Å². The van der Waals surface area contributed by atoms with E-state index in [0.29, 0.717) is 23.8 Å². The average molecular weight is 430 g/mol. The Hall–Kier alpha value is -1.79. The quantitative estimate of drug-likeness (QED) is 0.770. The summed E-state index contributed by atoms with van der Waals surface area (Å²) in [7, 11) is 2.24.